The molecule has 1 heterocycles. The molecule has 0 fully saturated rings. The Morgan fingerprint density at radius 1 is 1.25 bits per heavy atom. The number of benzene rings is 2. The molecular formula is C15H14BrN3O. The van der Waals surface area contributed by atoms with Crippen LogP contribution in [0.3, 0.4) is 0 Å². The summed E-state index contributed by atoms with van der Waals surface area (Å²) >= 11 is 3.47. The fourth-order valence-electron chi connectivity index (χ4n) is 2.07. The molecule has 0 spiro atoms. The summed E-state index contributed by atoms with van der Waals surface area (Å²) < 4.78 is 6.80. The number of hydrogen-bond acceptors (Lipinski definition) is 4. The molecule has 4 nitrogen and oxygen atoms in total. The van der Waals surface area contributed by atoms with Crippen LogP contribution in [0, 0.1) is 0 Å². The zero-order valence-electron chi connectivity index (χ0n) is 11.0. The van der Waals surface area contributed by atoms with Crippen molar-refractivity contribution in [3.05, 3.63) is 52.5 Å². The third kappa shape index (κ3) is 2.63. The van der Waals surface area contributed by atoms with E-state index in [1.165, 1.54) is 5.56 Å². The quantitative estimate of drug-likeness (QED) is 0.741. The monoisotopic (exact) mass is 331 g/mol. The van der Waals surface area contributed by atoms with E-state index >= 15 is 0 Å². The molecule has 1 aromatic heterocycles. The Balaban J connectivity index is 1.86. The SMILES string of the molecule is CN(Cc1cccc(Br)c1)c1nc2cc(N)ccc2o1. The maximum Gasteiger partial charge on any atom is 0.298 e. The van der Waals surface area contributed by atoms with Crippen molar-refractivity contribution in [2.45, 2.75) is 6.54 Å². The van der Waals surface area contributed by atoms with E-state index in [-0.39, 0.29) is 0 Å². The highest BCUT2D eigenvalue weighted by molar-refractivity contribution is 9.10. The summed E-state index contributed by atoms with van der Waals surface area (Å²) in [4.78, 5) is 6.43. The van der Waals surface area contributed by atoms with Crippen LogP contribution in [0.4, 0.5) is 11.7 Å². The zero-order chi connectivity index (χ0) is 14.1. The van der Waals surface area contributed by atoms with Crippen LogP contribution >= 0.6 is 15.9 Å². The van der Waals surface area contributed by atoms with E-state index in [0.717, 1.165) is 22.1 Å². The first-order valence-electron chi connectivity index (χ1n) is 6.23. The largest absolute Gasteiger partial charge is 0.423 e. The number of oxazole rings is 1. The van der Waals surface area contributed by atoms with Crippen molar-refractivity contribution in [3.8, 4) is 0 Å². The molecule has 0 aliphatic rings. The molecule has 0 saturated carbocycles. The Morgan fingerprint density at radius 3 is 2.90 bits per heavy atom. The molecule has 0 atom stereocenters. The predicted molar refractivity (Wildman–Crippen MR) is 84.7 cm³/mol. The van der Waals surface area contributed by atoms with Crippen molar-refractivity contribution in [2.75, 3.05) is 17.7 Å². The predicted octanol–water partition coefficient (Wildman–Crippen LogP) is 3.81. The molecule has 0 bridgehead atoms. The van der Waals surface area contributed by atoms with Crippen LogP contribution in [0.15, 0.2) is 51.4 Å². The van der Waals surface area contributed by atoms with Gasteiger partial charge in [-0.05, 0) is 35.9 Å². The standard InChI is InChI=1S/C15H14BrN3O/c1-19(9-10-3-2-4-11(16)7-10)15-18-13-8-12(17)5-6-14(13)20-15/h2-8H,9,17H2,1H3. The second-order valence-corrected chi connectivity index (χ2v) is 5.63. The van der Waals surface area contributed by atoms with Gasteiger partial charge in [0.15, 0.2) is 5.58 Å². The molecule has 2 N–H and O–H groups in total. The second kappa shape index (κ2) is 5.17. The third-order valence-corrected chi connectivity index (χ3v) is 3.53. The van der Waals surface area contributed by atoms with E-state index in [2.05, 4.69) is 33.0 Å². The van der Waals surface area contributed by atoms with Crippen molar-refractivity contribution in [1.29, 1.82) is 0 Å². The van der Waals surface area contributed by atoms with E-state index in [1.54, 1.807) is 0 Å². The van der Waals surface area contributed by atoms with E-state index in [1.807, 2.05) is 42.3 Å². The Morgan fingerprint density at radius 2 is 2.10 bits per heavy atom. The number of nitrogens with zero attached hydrogens (tertiary/aromatic N) is 2. The summed E-state index contributed by atoms with van der Waals surface area (Å²) in [5, 5.41) is 0. The molecule has 0 saturated heterocycles. The number of rotatable bonds is 3. The number of nitrogens with two attached hydrogens (primary N) is 1. The minimum Gasteiger partial charge on any atom is -0.423 e. The van der Waals surface area contributed by atoms with Crippen LogP contribution < -0.4 is 10.6 Å². The van der Waals surface area contributed by atoms with Gasteiger partial charge in [-0.25, -0.2) is 0 Å². The van der Waals surface area contributed by atoms with Crippen LogP contribution in [0.2, 0.25) is 0 Å². The number of anilines is 2. The van der Waals surface area contributed by atoms with Gasteiger partial charge in [-0.1, -0.05) is 28.1 Å². The Kier molecular flexibility index (Phi) is 3.36. The van der Waals surface area contributed by atoms with Gasteiger partial charge < -0.3 is 15.1 Å². The topological polar surface area (TPSA) is 55.3 Å². The molecule has 3 rings (SSSR count). The van der Waals surface area contributed by atoms with Crippen LogP contribution in [-0.2, 0) is 6.54 Å². The van der Waals surface area contributed by atoms with E-state index in [4.69, 9.17) is 10.2 Å². The minimum atomic E-state index is 0.588. The number of halogens is 1. The van der Waals surface area contributed by atoms with E-state index in [9.17, 15) is 0 Å². The summed E-state index contributed by atoms with van der Waals surface area (Å²) in [6.07, 6.45) is 0. The van der Waals surface area contributed by atoms with Crippen molar-refractivity contribution < 1.29 is 4.42 Å². The molecule has 2 aromatic carbocycles. The lowest BCUT2D eigenvalue weighted by Gasteiger charge is -2.14. The molecule has 0 aliphatic carbocycles. The summed E-state index contributed by atoms with van der Waals surface area (Å²) in [5.41, 5.74) is 9.14. The lowest BCUT2D eigenvalue weighted by atomic mass is 10.2. The summed E-state index contributed by atoms with van der Waals surface area (Å²) in [6.45, 7) is 0.724. The lowest BCUT2D eigenvalue weighted by molar-refractivity contribution is 0.582. The second-order valence-electron chi connectivity index (χ2n) is 4.71. The molecule has 0 aliphatic heterocycles. The van der Waals surface area contributed by atoms with Gasteiger partial charge in [0, 0.05) is 23.8 Å². The van der Waals surface area contributed by atoms with Crippen molar-refractivity contribution >= 4 is 38.7 Å². The highest BCUT2D eigenvalue weighted by atomic mass is 79.9. The lowest BCUT2D eigenvalue weighted by Crippen LogP contribution is -2.16. The molecule has 20 heavy (non-hydrogen) atoms. The van der Waals surface area contributed by atoms with Crippen LogP contribution in [-0.4, -0.2) is 12.0 Å². The Hall–Kier alpha value is -2.01. The van der Waals surface area contributed by atoms with Gasteiger partial charge in [0.1, 0.15) is 5.52 Å². The first kappa shape index (κ1) is 13.0. The van der Waals surface area contributed by atoms with Gasteiger partial charge in [0.25, 0.3) is 6.01 Å². The molecule has 0 radical (unpaired) electrons. The number of aromatic nitrogens is 1. The van der Waals surface area contributed by atoms with Crippen molar-refractivity contribution in [1.82, 2.24) is 4.98 Å². The number of nitrogen functional groups attached to an aromatic ring is 1. The highest BCUT2D eigenvalue weighted by Gasteiger charge is 2.11. The number of fused-ring (bicyclic) bond motifs is 1. The Labute approximate surface area is 125 Å². The maximum atomic E-state index is 5.75. The van der Waals surface area contributed by atoms with Crippen LogP contribution in [0.5, 0.6) is 0 Å². The van der Waals surface area contributed by atoms with Crippen molar-refractivity contribution in [3.63, 3.8) is 0 Å². The fourth-order valence-corrected chi connectivity index (χ4v) is 2.52. The molecule has 5 heteroatoms. The highest BCUT2D eigenvalue weighted by Crippen LogP contribution is 2.24. The van der Waals surface area contributed by atoms with Gasteiger partial charge in [-0.2, -0.15) is 4.98 Å². The summed E-state index contributed by atoms with van der Waals surface area (Å²) in [7, 11) is 1.95. The fraction of sp³-hybridized carbons (Fsp3) is 0.133. The third-order valence-electron chi connectivity index (χ3n) is 3.04. The average molecular weight is 332 g/mol. The normalized spacial score (nSPS) is 10.9. The Bertz CT molecular complexity index is 754. The van der Waals surface area contributed by atoms with Crippen molar-refractivity contribution in [2.24, 2.45) is 0 Å². The van der Waals surface area contributed by atoms with Gasteiger partial charge in [0.2, 0.25) is 0 Å². The molecular weight excluding hydrogens is 318 g/mol. The molecule has 0 unspecified atom stereocenters. The van der Waals surface area contributed by atoms with E-state index in [0.29, 0.717) is 11.7 Å². The first-order valence-corrected chi connectivity index (χ1v) is 7.03. The molecule has 3 aromatic rings. The molecule has 0 amide bonds. The maximum absolute atomic E-state index is 5.75. The minimum absolute atomic E-state index is 0.588. The van der Waals surface area contributed by atoms with Gasteiger partial charge in [-0.3, -0.25) is 0 Å². The summed E-state index contributed by atoms with van der Waals surface area (Å²) in [5.74, 6) is 0. The zero-order valence-corrected chi connectivity index (χ0v) is 12.6. The number of hydrogen-bond donors (Lipinski definition) is 1. The van der Waals surface area contributed by atoms with Gasteiger partial charge in [-0.15, -0.1) is 0 Å². The smallest absolute Gasteiger partial charge is 0.298 e. The first-order chi connectivity index (χ1) is 9.61. The van der Waals surface area contributed by atoms with Crippen LogP contribution in [0.1, 0.15) is 5.56 Å². The molecule has 102 valence electrons. The summed E-state index contributed by atoms with van der Waals surface area (Å²) in [6, 6.07) is 14.2. The average Bonchev–Trinajstić information content (AvgIpc) is 2.81. The van der Waals surface area contributed by atoms with Gasteiger partial charge >= 0.3 is 0 Å². The van der Waals surface area contributed by atoms with Crippen LogP contribution in [0.25, 0.3) is 11.1 Å². The van der Waals surface area contributed by atoms with E-state index < -0.39 is 0 Å². The van der Waals surface area contributed by atoms with Gasteiger partial charge in [0.05, 0.1) is 0 Å².